The van der Waals surface area contributed by atoms with E-state index < -0.39 is 10.0 Å². The average molecular weight is 317 g/mol. The van der Waals surface area contributed by atoms with Crippen molar-refractivity contribution in [2.45, 2.75) is 30.7 Å². The SMILES string of the molecule is CN(CC1CCOCC1)S(=O)(=O)c1cnn(CCCO)c1. The second-order valence-electron chi connectivity index (χ2n) is 5.36. The summed E-state index contributed by atoms with van der Waals surface area (Å²) in [5.41, 5.74) is 0. The van der Waals surface area contributed by atoms with Crippen LogP contribution in [0.2, 0.25) is 0 Å². The quantitative estimate of drug-likeness (QED) is 0.782. The van der Waals surface area contributed by atoms with Crippen molar-refractivity contribution in [3.63, 3.8) is 0 Å². The Bertz CT molecular complexity index is 537. The number of aliphatic hydroxyl groups is 1. The van der Waals surface area contributed by atoms with Gasteiger partial charge in [-0.05, 0) is 25.2 Å². The van der Waals surface area contributed by atoms with Crippen molar-refractivity contribution in [3.05, 3.63) is 12.4 Å². The molecule has 0 saturated carbocycles. The van der Waals surface area contributed by atoms with Gasteiger partial charge in [-0.1, -0.05) is 0 Å². The standard InChI is InChI=1S/C13H23N3O4S/c1-15(10-12-3-7-20-8-4-12)21(18,19)13-9-14-16(11-13)5-2-6-17/h9,11-12,17H,2-8,10H2,1H3. The van der Waals surface area contributed by atoms with Crippen molar-refractivity contribution in [1.29, 1.82) is 0 Å². The molecule has 120 valence electrons. The zero-order valence-corrected chi connectivity index (χ0v) is 13.1. The van der Waals surface area contributed by atoms with Crippen molar-refractivity contribution in [3.8, 4) is 0 Å². The monoisotopic (exact) mass is 317 g/mol. The fraction of sp³-hybridized carbons (Fsp3) is 0.769. The Morgan fingerprint density at radius 2 is 2.19 bits per heavy atom. The summed E-state index contributed by atoms with van der Waals surface area (Å²) in [6.45, 7) is 2.49. The number of hydrogen-bond acceptors (Lipinski definition) is 5. The van der Waals surface area contributed by atoms with Crippen LogP contribution in [0.3, 0.4) is 0 Å². The predicted molar refractivity (Wildman–Crippen MR) is 77.3 cm³/mol. The summed E-state index contributed by atoms with van der Waals surface area (Å²) in [6.07, 6.45) is 5.24. The number of rotatable bonds is 7. The van der Waals surface area contributed by atoms with E-state index in [1.165, 1.54) is 16.7 Å². The lowest BCUT2D eigenvalue weighted by Crippen LogP contribution is -2.34. The van der Waals surface area contributed by atoms with Crippen molar-refractivity contribution in [2.75, 3.05) is 33.4 Å². The van der Waals surface area contributed by atoms with Crippen LogP contribution in [0, 0.1) is 5.92 Å². The molecule has 0 aromatic carbocycles. The van der Waals surface area contributed by atoms with E-state index in [1.54, 1.807) is 11.7 Å². The topological polar surface area (TPSA) is 84.7 Å². The third-order valence-electron chi connectivity index (χ3n) is 3.72. The lowest BCUT2D eigenvalue weighted by molar-refractivity contribution is 0.0620. The maximum atomic E-state index is 12.5. The van der Waals surface area contributed by atoms with Crippen LogP contribution in [0.4, 0.5) is 0 Å². The van der Waals surface area contributed by atoms with E-state index in [2.05, 4.69) is 5.10 Å². The highest BCUT2D eigenvalue weighted by atomic mass is 32.2. The van der Waals surface area contributed by atoms with Crippen LogP contribution in [-0.2, 0) is 21.3 Å². The summed E-state index contributed by atoms with van der Waals surface area (Å²) in [7, 11) is -1.89. The Morgan fingerprint density at radius 1 is 1.48 bits per heavy atom. The molecule has 2 rings (SSSR count). The van der Waals surface area contributed by atoms with Gasteiger partial charge in [-0.25, -0.2) is 12.7 Å². The first kappa shape index (κ1) is 16.4. The van der Waals surface area contributed by atoms with E-state index in [-0.39, 0.29) is 11.5 Å². The van der Waals surface area contributed by atoms with E-state index in [0.717, 1.165) is 12.8 Å². The summed E-state index contributed by atoms with van der Waals surface area (Å²) in [5.74, 6) is 0.350. The molecule has 8 heteroatoms. The highest BCUT2D eigenvalue weighted by molar-refractivity contribution is 7.89. The van der Waals surface area contributed by atoms with E-state index in [9.17, 15) is 8.42 Å². The molecule has 0 aliphatic carbocycles. The molecule has 2 heterocycles. The Labute approximate surface area is 125 Å². The summed E-state index contributed by atoms with van der Waals surface area (Å²) in [5, 5.41) is 12.8. The second-order valence-corrected chi connectivity index (χ2v) is 7.40. The lowest BCUT2D eigenvalue weighted by atomic mass is 10.0. The Hall–Kier alpha value is -0.960. The third-order valence-corrected chi connectivity index (χ3v) is 5.50. The highest BCUT2D eigenvalue weighted by Crippen LogP contribution is 2.20. The van der Waals surface area contributed by atoms with Gasteiger partial charge in [0, 0.05) is 46.2 Å². The predicted octanol–water partition coefficient (Wildman–Crippen LogP) is 0.313. The first-order valence-electron chi connectivity index (χ1n) is 7.21. The van der Waals surface area contributed by atoms with Crippen LogP contribution in [-0.4, -0.2) is 61.0 Å². The van der Waals surface area contributed by atoms with Gasteiger partial charge in [0.05, 0.1) is 6.20 Å². The van der Waals surface area contributed by atoms with E-state index >= 15 is 0 Å². The Morgan fingerprint density at radius 3 is 2.86 bits per heavy atom. The molecule has 21 heavy (non-hydrogen) atoms. The van der Waals surface area contributed by atoms with Gasteiger partial charge in [-0.3, -0.25) is 4.68 Å². The molecule has 1 N–H and O–H groups in total. The minimum atomic E-state index is -3.50. The van der Waals surface area contributed by atoms with E-state index in [1.807, 2.05) is 0 Å². The molecule has 1 aliphatic rings. The number of sulfonamides is 1. The van der Waals surface area contributed by atoms with Gasteiger partial charge in [0.2, 0.25) is 10.0 Å². The van der Waals surface area contributed by atoms with Gasteiger partial charge in [0.25, 0.3) is 0 Å². The molecule has 1 saturated heterocycles. The van der Waals surface area contributed by atoms with Gasteiger partial charge in [0.1, 0.15) is 4.90 Å². The molecular weight excluding hydrogens is 294 g/mol. The van der Waals surface area contributed by atoms with Gasteiger partial charge in [-0.15, -0.1) is 0 Å². The van der Waals surface area contributed by atoms with Crippen LogP contribution < -0.4 is 0 Å². The molecule has 1 aromatic rings. The number of aryl methyl sites for hydroxylation is 1. The molecule has 1 aromatic heterocycles. The van der Waals surface area contributed by atoms with E-state index in [0.29, 0.717) is 38.6 Å². The Kier molecular flexibility index (Phi) is 5.74. The minimum Gasteiger partial charge on any atom is -0.396 e. The van der Waals surface area contributed by atoms with Crippen molar-refractivity contribution in [1.82, 2.24) is 14.1 Å². The number of hydrogen-bond donors (Lipinski definition) is 1. The maximum Gasteiger partial charge on any atom is 0.245 e. The summed E-state index contributed by atoms with van der Waals surface area (Å²) >= 11 is 0. The highest BCUT2D eigenvalue weighted by Gasteiger charge is 2.26. The maximum absolute atomic E-state index is 12.5. The molecule has 0 spiro atoms. The van der Waals surface area contributed by atoms with Crippen LogP contribution in [0.25, 0.3) is 0 Å². The summed E-state index contributed by atoms with van der Waals surface area (Å²) in [4.78, 5) is 0.204. The fourth-order valence-corrected chi connectivity index (χ4v) is 3.61. The van der Waals surface area contributed by atoms with Gasteiger partial charge in [0.15, 0.2) is 0 Å². The van der Waals surface area contributed by atoms with Gasteiger partial charge >= 0.3 is 0 Å². The molecule has 0 amide bonds. The largest absolute Gasteiger partial charge is 0.396 e. The third kappa shape index (κ3) is 4.26. The van der Waals surface area contributed by atoms with Crippen molar-refractivity contribution in [2.24, 2.45) is 5.92 Å². The van der Waals surface area contributed by atoms with Crippen LogP contribution >= 0.6 is 0 Å². The Balaban J connectivity index is 2.00. The molecule has 1 aliphatic heterocycles. The van der Waals surface area contributed by atoms with E-state index in [4.69, 9.17) is 9.84 Å². The molecule has 0 atom stereocenters. The van der Waals surface area contributed by atoms with Crippen LogP contribution in [0.5, 0.6) is 0 Å². The molecule has 7 nitrogen and oxygen atoms in total. The molecule has 0 radical (unpaired) electrons. The van der Waals surface area contributed by atoms with Crippen molar-refractivity contribution < 1.29 is 18.3 Å². The molecule has 1 fully saturated rings. The van der Waals surface area contributed by atoms with Crippen LogP contribution in [0.15, 0.2) is 17.3 Å². The van der Waals surface area contributed by atoms with Crippen molar-refractivity contribution >= 4 is 10.0 Å². The zero-order chi connectivity index (χ0) is 15.3. The van der Waals surface area contributed by atoms with Gasteiger partial charge < -0.3 is 9.84 Å². The smallest absolute Gasteiger partial charge is 0.245 e. The molecular formula is C13H23N3O4S. The average Bonchev–Trinajstić information content (AvgIpc) is 2.95. The fourth-order valence-electron chi connectivity index (χ4n) is 2.40. The number of ether oxygens (including phenoxy) is 1. The first-order chi connectivity index (χ1) is 10.0. The number of aromatic nitrogens is 2. The minimum absolute atomic E-state index is 0.0611. The molecule has 0 bridgehead atoms. The summed E-state index contributed by atoms with van der Waals surface area (Å²) < 4.78 is 33.2. The number of aliphatic hydroxyl groups excluding tert-OH is 1. The zero-order valence-electron chi connectivity index (χ0n) is 12.3. The number of nitrogens with zero attached hydrogens (tertiary/aromatic N) is 3. The summed E-state index contributed by atoms with van der Waals surface area (Å²) in [6, 6.07) is 0. The van der Waals surface area contributed by atoms with Crippen LogP contribution in [0.1, 0.15) is 19.3 Å². The molecule has 0 unspecified atom stereocenters. The lowest BCUT2D eigenvalue weighted by Gasteiger charge is -2.26. The van der Waals surface area contributed by atoms with Gasteiger partial charge in [-0.2, -0.15) is 5.10 Å². The second kappa shape index (κ2) is 7.35. The normalized spacial score (nSPS) is 17.5. The first-order valence-corrected chi connectivity index (χ1v) is 8.65.